The summed E-state index contributed by atoms with van der Waals surface area (Å²) in [6.45, 7) is 13.2. The van der Waals surface area contributed by atoms with Gasteiger partial charge >= 0.3 is 0 Å². The van der Waals surface area contributed by atoms with Gasteiger partial charge < -0.3 is 16.0 Å². The fraction of sp³-hybridized carbons (Fsp3) is 0.412. The molecule has 1 aliphatic heterocycles. The minimum Gasteiger partial charge on any atom is -0.370 e. The van der Waals surface area contributed by atoms with Crippen LogP contribution in [0.5, 0.6) is 0 Å². The Labute approximate surface area is 235 Å². The highest BCUT2D eigenvalue weighted by Crippen LogP contribution is 2.29. The van der Waals surface area contributed by atoms with Crippen LogP contribution in [0.1, 0.15) is 82.4 Å². The molecule has 3 N–H and O–H groups in total. The second-order valence-electron chi connectivity index (χ2n) is 10.5. The number of likely N-dealkylation sites (tertiary alicyclic amines) is 1. The van der Waals surface area contributed by atoms with E-state index in [1.807, 2.05) is 19.9 Å². The molecule has 39 heavy (non-hydrogen) atoms. The molecule has 4 rings (SSSR count). The van der Waals surface area contributed by atoms with Crippen LogP contribution >= 0.6 is 0 Å². The predicted molar refractivity (Wildman–Crippen MR) is 164 cm³/mol. The van der Waals surface area contributed by atoms with Gasteiger partial charge in [0.1, 0.15) is 0 Å². The summed E-state index contributed by atoms with van der Waals surface area (Å²) in [4.78, 5) is 23.6. The second kappa shape index (κ2) is 17.2. The number of carbonyl (C=O) groups excluding carboxylic acids is 2. The van der Waals surface area contributed by atoms with Crippen molar-refractivity contribution in [1.29, 1.82) is 0 Å². The largest absolute Gasteiger partial charge is 0.370 e. The van der Waals surface area contributed by atoms with Gasteiger partial charge in [-0.25, -0.2) is 0 Å². The zero-order valence-corrected chi connectivity index (χ0v) is 24.4. The van der Waals surface area contributed by atoms with Crippen LogP contribution < -0.4 is 11.1 Å². The topological polar surface area (TPSA) is 75.4 Å². The molecule has 3 aromatic carbocycles. The summed E-state index contributed by atoms with van der Waals surface area (Å²) < 4.78 is 0. The lowest BCUT2D eigenvalue weighted by Crippen LogP contribution is -2.33. The molecule has 1 fully saturated rings. The van der Waals surface area contributed by atoms with Gasteiger partial charge in [0.05, 0.1) is 0 Å². The molecule has 0 spiro atoms. The van der Waals surface area contributed by atoms with Crippen LogP contribution in [0.4, 0.5) is 5.69 Å². The maximum atomic E-state index is 11.8. The monoisotopic (exact) mass is 529 g/mol. The lowest BCUT2D eigenvalue weighted by molar-refractivity contribution is -0.119. The van der Waals surface area contributed by atoms with E-state index in [4.69, 9.17) is 0 Å². The van der Waals surface area contributed by atoms with Gasteiger partial charge in [-0.15, -0.1) is 0 Å². The van der Waals surface area contributed by atoms with Gasteiger partial charge in [0.25, 0.3) is 0 Å². The Morgan fingerprint density at radius 1 is 0.872 bits per heavy atom. The van der Waals surface area contributed by atoms with E-state index in [0.29, 0.717) is 11.8 Å². The Kier molecular flexibility index (Phi) is 14.0. The first-order chi connectivity index (χ1) is 18.7. The van der Waals surface area contributed by atoms with Gasteiger partial charge in [-0.2, -0.15) is 0 Å². The SMILES string of the molecule is CC(N)=O.CC(c1ccccc1)c1ccccc1.CCCN1CCC(c2cccc(NC(=O)C(C)C)c2)CC1. The molecule has 0 atom stereocenters. The van der Waals surface area contributed by atoms with Crippen molar-refractivity contribution < 1.29 is 9.59 Å². The number of nitrogens with one attached hydrogen (secondary N) is 1. The number of carbonyl (C=O) groups is 2. The molecule has 0 saturated carbocycles. The van der Waals surface area contributed by atoms with Crippen molar-refractivity contribution in [2.24, 2.45) is 11.7 Å². The van der Waals surface area contributed by atoms with Gasteiger partial charge in [-0.1, -0.05) is 100 Å². The number of nitrogens with two attached hydrogens (primary N) is 1. The normalized spacial score (nSPS) is 13.6. The number of anilines is 1. The van der Waals surface area contributed by atoms with Gasteiger partial charge in [-0.3, -0.25) is 9.59 Å². The zero-order chi connectivity index (χ0) is 28.6. The fourth-order valence-corrected chi connectivity index (χ4v) is 4.64. The molecule has 0 aliphatic carbocycles. The summed E-state index contributed by atoms with van der Waals surface area (Å²) in [5.41, 5.74) is 9.52. The van der Waals surface area contributed by atoms with Crippen LogP contribution in [-0.4, -0.2) is 36.3 Å². The minimum atomic E-state index is -0.333. The minimum absolute atomic E-state index is 0.0194. The van der Waals surface area contributed by atoms with E-state index in [9.17, 15) is 9.59 Å². The first-order valence-corrected chi connectivity index (χ1v) is 14.2. The third-order valence-electron chi connectivity index (χ3n) is 6.88. The maximum absolute atomic E-state index is 11.8. The van der Waals surface area contributed by atoms with E-state index < -0.39 is 0 Å². The Morgan fingerprint density at radius 2 is 1.38 bits per heavy atom. The number of hydrogen-bond donors (Lipinski definition) is 2. The third kappa shape index (κ3) is 11.9. The molecular weight excluding hydrogens is 482 g/mol. The van der Waals surface area contributed by atoms with Crippen LogP contribution in [0.25, 0.3) is 0 Å². The van der Waals surface area contributed by atoms with E-state index in [1.165, 1.54) is 62.5 Å². The van der Waals surface area contributed by atoms with E-state index >= 15 is 0 Å². The molecule has 5 heteroatoms. The first-order valence-electron chi connectivity index (χ1n) is 14.2. The fourth-order valence-electron chi connectivity index (χ4n) is 4.64. The van der Waals surface area contributed by atoms with Crippen molar-refractivity contribution in [3.05, 3.63) is 102 Å². The quantitative estimate of drug-likeness (QED) is 0.340. The Hall–Kier alpha value is -3.44. The van der Waals surface area contributed by atoms with Crippen LogP contribution in [0.3, 0.4) is 0 Å². The van der Waals surface area contributed by atoms with Crippen LogP contribution in [0, 0.1) is 5.92 Å². The summed E-state index contributed by atoms with van der Waals surface area (Å²) >= 11 is 0. The van der Waals surface area contributed by atoms with Gasteiger partial charge in [0.2, 0.25) is 11.8 Å². The van der Waals surface area contributed by atoms with Crippen molar-refractivity contribution in [2.75, 3.05) is 25.0 Å². The first kappa shape index (κ1) is 31.8. The van der Waals surface area contributed by atoms with Crippen molar-refractivity contribution in [3.63, 3.8) is 0 Å². The summed E-state index contributed by atoms with van der Waals surface area (Å²) in [5.74, 6) is 0.891. The number of benzene rings is 3. The Bertz CT molecular complexity index is 1060. The van der Waals surface area contributed by atoms with Crippen molar-refractivity contribution in [3.8, 4) is 0 Å². The molecular formula is C34H47N3O2. The lowest BCUT2D eigenvalue weighted by atomic mass is 9.89. The summed E-state index contributed by atoms with van der Waals surface area (Å²) in [7, 11) is 0. The van der Waals surface area contributed by atoms with Crippen molar-refractivity contribution >= 4 is 17.5 Å². The highest BCUT2D eigenvalue weighted by Gasteiger charge is 2.20. The number of amides is 2. The number of piperidine rings is 1. The van der Waals surface area contributed by atoms with Crippen molar-refractivity contribution in [1.82, 2.24) is 4.90 Å². The molecule has 210 valence electrons. The van der Waals surface area contributed by atoms with E-state index in [1.54, 1.807) is 0 Å². The van der Waals surface area contributed by atoms with Crippen molar-refractivity contribution in [2.45, 2.75) is 65.7 Å². The highest BCUT2D eigenvalue weighted by molar-refractivity contribution is 5.92. The van der Waals surface area contributed by atoms with E-state index in [2.05, 4.69) is 109 Å². The predicted octanol–water partition coefficient (Wildman–Crippen LogP) is 7.20. The number of rotatable bonds is 7. The number of nitrogens with zero attached hydrogens (tertiary/aromatic N) is 1. The van der Waals surface area contributed by atoms with E-state index in [0.717, 1.165) is 5.69 Å². The lowest BCUT2D eigenvalue weighted by Gasteiger charge is -2.32. The zero-order valence-electron chi connectivity index (χ0n) is 24.4. The smallest absolute Gasteiger partial charge is 0.226 e. The molecule has 0 bridgehead atoms. The summed E-state index contributed by atoms with van der Waals surface area (Å²) in [5, 5.41) is 3.00. The van der Waals surface area contributed by atoms with Gasteiger partial charge in [0.15, 0.2) is 0 Å². The summed E-state index contributed by atoms with van der Waals surface area (Å²) in [6, 6.07) is 29.6. The molecule has 0 aromatic heterocycles. The van der Waals surface area contributed by atoms with Gasteiger partial charge in [0, 0.05) is 24.4 Å². The Balaban J connectivity index is 0.000000254. The standard InChI is InChI=1S/C18H28N2O.C14H14.C2H5NO/c1-4-10-20-11-8-15(9-12-20)16-6-5-7-17(13-16)19-18(21)14(2)3;1-12(13-8-4-2-5-9-13)14-10-6-3-7-11-14;1-2(3)4/h5-7,13-15H,4,8-12H2,1-3H3,(H,19,21);2-12H,1H3;1H3,(H2,3,4). The highest BCUT2D eigenvalue weighted by atomic mass is 16.2. The molecule has 2 amide bonds. The average molecular weight is 530 g/mol. The van der Waals surface area contributed by atoms with Gasteiger partial charge in [-0.05, 0) is 73.6 Å². The molecule has 0 radical (unpaired) electrons. The summed E-state index contributed by atoms with van der Waals surface area (Å²) in [6.07, 6.45) is 3.69. The van der Waals surface area contributed by atoms with E-state index in [-0.39, 0.29) is 17.7 Å². The average Bonchev–Trinajstić information content (AvgIpc) is 2.94. The Morgan fingerprint density at radius 3 is 1.85 bits per heavy atom. The van der Waals surface area contributed by atoms with Crippen LogP contribution in [-0.2, 0) is 9.59 Å². The van der Waals surface area contributed by atoms with Crippen LogP contribution in [0.15, 0.2) is 84.9 Å². The molecule has 1 heterocycles. The molecule has 3 aromatic rings. The number of primary amides is 1. The second-order valence-corrected chi connectivity index (χ2v) is 10.5. The molecule has 1 aliphatic rings. The molecule has 5 nitrogen and oxygen atoms in total. The maximum Gasteiger partial charge on any atom is 0.226 e. The number of hydrogen-bond acceptors (Lipinski definition) is 3. The third-order valence-corrected chi connectivity index (χ3v) is 6.88. The molecule has 0 unspecified atom stereocenters. The van der Waals surface area contributed by atoms with Crippen LogP contribution in [0.2, 0.25) is 0 Å². The molecule has 1 saturated heterocycles.